The van der Waals surface area contributed by atoms with Crippen LogP contribution in [0.3, 0.4) is 0 Å². The van der Waals surface area contributed by atoms with E-state index in [1.165, 1.54) is 10.6 Å². The number of rotatable bonds is 5. The van der Waals surface area contributed by atoms with Gasteiger partial charge >= 0.3 is 0 Å². The standard InChI is InChI=1S/C16H21N5O3S/c1-25(23,24)21-10-8-20(9-11-21)7-6-19-16(22)13-2-3-14-15(12-13)18-5-4-17-14/h2-5,12H,6-11H2,1H3,(H,19,22). The molecule has 0 aliphatic carbocycles. The first-order chi connectivity index (χ1) is 11.9. The highest BCUT2D eigenvalue weighted by Crippen LogP contribution is 2.11. The van der Waals surface area contributed by atoms with Crippen molar-refractivity contribution >= 4 is 27.0 Å². The summed E-state index contributed by atoms with van der Waals surface area (Å²) in [6.45, 7) is 3.54. The normalized spacial score (nSPS) is 16.8. The Bertz CT molecular complexity index is 863. The molecule has 2 aromatic rings. The minimum absolute atomic E-state index is 0.151. The van der Waals surface area contributed by atoms with Crippen LogP contribution < -0.4 is 5.32 Å². The molecule has 3 rings (SSSR count). The van der Waals surface area contributed by atoms with E-state index in [-0.39, 0.29) is 5.91 Å². The summed E-state index contributed by atoms with van der Waals surface area (Å²) in [6.07, 6.45) is 4.45. The molecule has 0 bridgehead atoms. The fraction of sp³-hybridized carbons (Fsp3) is 0.438. The molecule has 134 valence electrons. The van der Waals surface area contributed by atoms with Crippen LogP contribution in [0, 0.1) is 0 Å². The van der Waals surface area contributed by atoms with Gasteiger partial charge in [0.2, 0.25) is 10.0 Å². The van der Waals surface area contributed by atoms with Gasteiger partial charge in [-0.3, -0.25) is 19.7 Å². The molecule has 0 saturated carbocycles. The number of nitrogens with one attached hydrogen (secondary N) is 1. The van der Waals surface area contributed by atoms with E-state index in [1.54, 1.807) is 30.6 Å². The van der Waals surface area contributed by atoms with Crippen molar-refractivity contribution in [3.05, 3.63) is 36.2 Å². The van der Waals surface area contributed by atoms with Gasteiger partial charge in [-0.15, -0.1) is 0 Å². The minimum Gasteiger partial charge on any atom is -0.351 e. The topological polar surface area (TPSA) is 95.5 Å². The maximum absolute atomic E-state index is 12.2. The molecule has 1 saturated heterocycles. The van der Waals surface area contributed by atoms with Gasteiger partial charge < -0.3 is 5.32 Å². The van der Waals surface area contributed by atoms with Gasteiger partial charge in [0.05, 0.1) is 17.3 Å². The number of aromatic nitrogens is 2. The van der Waals surface area contributed by atoms with Crippen LogP contribution >= 0.6 is 0 Å². The summed E-state index contributed by atoms with van der Waals surface area (Å²) in [5.41, 5.74) is 1.99. The molecule has 25 heavy (non-hydrogen) atoms. The molecule has 8 nitrogen and oxygen atoms in total. The monoisotopic (exact) mass is 363 g/mol. The van der Waals surface area contributed by atoms with Crippen LogP contribution in [0.2, 0.25) is 0 Å². The van der Waals surface area contributed by atoms with Crippen molar-refractivity contribution in [2.75, 3.05) is 45.5 Å². The zero-order valence-electron chi connectivity index (χ0n) is 14.1. The first-order valence-electron chi connectivity index (χ1n) is 8.10. The molecule has 2 heterocycles. The van der Waals surface area contributed by atoms with Crippen molar-refractivity contribution < 1.29 is 13.2 Å². The molecule has 1 fully saturated rings. The summed E-state index contributed by atoms with van der Waals surface area (Å²) in [5.74, 6) is -0.151. The Hall–Kier alpha value is -2.10. The third-order valence-electron chi connectivity index (χ3n) is 4.25. The lowest BCUT2D eigenvalue weighted by Gasteiger charge is -2.33. The van der Waals surface area contributed by atoms with Gasteiger partial charge in [-0.1, -0.05) is 0 Å². The number of benzene rings is 1. The van der Waals surface area contributed by atoms with Crippen LogP contribution in [0.15, 0.2) is 30.6 Å². The quantitative estimate of drug-likeness (QED) is 0.799. The summed E-state index contributed by atoms with van der Waals surface area (Å²) < 4.78 is 24.5. The number of sulfonamides is 1. The Morgan fingerprint density at radius 3 is 2.48 bits per heavy atom. The molecule has 1 N–H and O–H groups in total. The molecule has 1 aliphatic rings. The van der Waals surface area contributed by atoms with Crippen LogP contribution in [-0.4, -0.2) is 79.0 Å². The number of piperazine rings is 1. The molecular weight excluding hydrogens is 342 g/mol. The van der Waals surface area contributed by atoms with Gasteiger partial charge in [0.1, 0.15) is 0 Å². The second-order valence-electron chi connectivity index (χ2n) is 6.02. The van der Waals surface area contributed by atoms with Crippen molar-refractivity contribution in [1.82, 2.24) is 24.5 Å². The van der Waals surface area contributed by atoms with E-state index in [0.29, 0.717) is 50.3 Å². The largest absolute Gasteiger partial charge is 0.351 e. The van der Waals surface area contributed by atoms with Gasteiger partial charge in [0, 0.05) is 57.2 Å². The third kappa shape index (κ3) is 4.50. The van der Waals surface area contributed by atoms with Crippen molar-refractivity contribution in [2.45, 2.75) is 0 Å². The zero-order valence-corrected chi connectivity index (χ0v) is 14.9. The fourth-order valence-corrected chi connectivity index (χ4v) is 3.65. The summed E-state index contributed by atoms with van der Waals surface area (Å²) in [4.78, 5) is 22.8. The highest BCUT2D eigenvalue weighted by molar-refractivity contribution is 7.88. The average Bonchev–Trinajstić information content (AvgIpc) is 2.61. The molecule has 9 heteroatoms. The molecule has 1 amide bonds. The second-order valence-corrected chi connectivity index (χ2v) is 8.00. The lowest BCUT2D eigenvalue weighted by Crippen LogP contribution is -2.49. The predicted molar refractivity (Wildman–Crippen MR) is 94.7 cm³/mol. The Labute approximate surface area is 146 Å². The molecule has 1 aromatic carbocycles. The number of carbonyl (C=O) groups is 1. The average molecular weight is 363 g/mol. The van der Waals surface area contributed by atoms with Crippen LogP contribution in [0.5, 0.6) is 0 Å². The Balaban J connectivity index is 1.48. The van der Waals surface area contributed by atoms with Gasteiger partial charge in [0.25, 0.3) is 5.91 Å². The van der Waals surface area contributed by atoms with Gasteiger partial charge in [0.15, 0.2) is 0 Å². The van der Waals surface area contributed by atoms with Gasteiger partial charge in [-0.2, -0.15) is 4.31 Å². The number of carbonyl (C=O) groups excluding carboxylic acids is 1. The van der Waals surface area contributed by atoms with E-state index in [9.17, 15) is 13.2 Å². The first kappa shape index (κ1) is 17.7. The molecule has 0 spiro atoms. The third-order valence-corrected chi connectivity index (χ3v) is 5.55. The Morgan fingerprint density at radius 1 is 1.12 bits per heavy atom. The molecule has 1 aliphatic heterocycles. The number of hydrogen-bond acceptors (Lipinski definition) is 6. The Morgan fingerprint density at radius 2 is 1.80 bits per heavy atom. The Kier molecular flexibility index (Phi) is 5.26. The zero-order chi connectivity index (χ0) is 17.9. The highest BCUT2D eigenvalue weighted by atomic mass is 32.2. The fourth-order valence-electron chi connectivity index (χ4n) is 2.82. The summed E-state index contributed by atoms with van der Waals surface area (Å²) in [7, 11) is -3.11. The number of fused-ring (bicyclic) bond motifs is 1. The van der Waals surface area contributed by atoms with Crippen molar-refractivity contribution in [3.63, 3.8) is 0 Å². The van der Waals surface area contributed by atoms with E-state index >= 15 is 0 Å². The maximum atomic E-state index is 12.2. The van der Waals surface area contributed by atoms with Crippen LogP contribution in [0.25, 0.3) is 11.0 Å². The van der Waals surface area contributed by atoms with Crippen LogP contribution in [-0.2, 0) is 10.0 Å². The van der Waals surface area contributed by atoms with Crippen molar-refractivity contribution in [2.24, 2.45) is 0 Å². The van der Waals surface area contributed by atoms with Crippen molar-refractivity contribution in [1.29, 1.82) is 0 Å². The summed E-state index contributed by atoms with van der Waals surface area (Å²) in [5, 5.41) is 2.89. The smallest absolute Gasteiger partial charge is 0.251 e. The van der Waals surface area contributed by atoms with E-state index < -0.39 is 10.0 Å². The number of nitrogens with zero attached hydrogens (tertiary/aromatic N) is 4. The number of hydrogen-bond donors (Lipinski definition) is 1. The molecular formula is C16H21N5O3S. The molecule has 1 aromatic heterocycles. The molecule has 0 atom stereocenters. The number of amides is 1. The SMILES string of the molecule is CS(=O)(=O)N1CCN(CCNC(=O)c2ccc3nccnc3c2)CC1. The molecule has 0 radical (unpaired) electrons. The molecule has 0 unspecified atom stereocenters. The van der Waals surface area contributed by atoms with E-state index in [4.69, 9.17) is 0 Å². The minimum atomic E-state index is -3.11. The lowest BCUT2D eigenvalue weighted by molar-refractivity contribution is 0.0945. The van der Waals surface area contributed by atoms with E-state index in [1.807, 2.05) is 0 Å². The van der Waals surface area contributed by atoms with E-state index in [2.05, 4.69) is 20.2 Å². The first-order valence-corrected chi connectivity index (χ1v) is 9.95. The maximum Gasteiger partial charge on any atom is 0.251 e. The summed E-state index contributed by atoms with van der Waals surface area (Å²) in [6, 6.07) is 5.24. The van der Waals surface area contributed by atoms with Crippen LogP contribution in [0.1, 0.15) is 10.4 Å². The second kappa shape index (κ2) is 7.42. The predicted octanol–water partition coefficient (Wildman–Crippen LogP) is -0.0632. The van der Waals surface area contributed by atoms with Crippen LogP contribution in [0.4, 0.5) is 0 Å². The summed E-state index contributed by atoms with van der Waals surface area (Å²) >= 11 is 0. The van der Waals surface area contributed by atoms with Gasteiger partial charge in [-0.05, 0) is 18.2 Å². The van der Waals surface area contributed by atoms with E-state index in [0.717, 1.165) is 5.52 Å². The highest BCUT2D eigenvalue weighted by Gasteiger charge is 2.22. The van der Waals surface area contributed by atoms with Gasteiger partial charge in [-0.25, -0.2) is 8.42 Å². The van der Waals surface area contributed by atoms with Crippen molar-refractivity contribution in [3.8, 4) is 0 Å². The lowest BCUT2D eigenvalue weighted by atomic mass is 10.2.